The molecule has 0 spiro atoms. The smallest absolute Gasteiger partial charge is 0.315 e. The molecule has 2 aromatic carbocycles. The number of carbonyl (C=O) groups is 2. The van der Waals surface area contributed by atoms with Gasteiger partial charge in [-0.2, -0.15) is 0 Å². The van der Waals surface area contributed by atoms with Crippen LogP contribution in [0.25, 0.3) is 0 Å². The maximum absolute atomic E-state index is 13.0. The summed E-state index contributed by atoms with van der Waals surface area (Å²) >= 11 is 0. The molecule has 1 fully saturated rings. The van der Waals surface area contributed by atoms with Crippen molar-refractivity contribution in [1.82, 2.24) is 5.32 Å². The molecule has 5 heteroatoms. The van der Waals surface area contributed by atoms with Gasteiger partial charge in [-0.1, -0.05) is 42.5 Å². The molecule has 1 aliphatic rings. The van der Waals surface area contributed by atoms with Gasteiger partial charge in [0.2, 0.25) is 5.91 Å². The zero-order chi connectivity index (χ0) is 18.0. The van der Waals surface area contributed by atoms with Crippen molar-refractivity contribution >= 4 is 11.9 Å². The van der Waals surface area contributed by atoms with Crippen LogP contribution in [0.4, 0.5) is 4.39 Å². The maximum Gasteiger partial charge on any atom is 0.315 e. The van der Waals surface area contributed by atoms with Gasteiger partial charge in [0.1, 0.15) is 11.2 Å². The second-order valence-corrected chi connectivity index (χ2v) is 6.72. The first-order chi connectivity index (χ1) is 11.9. The summed E-state index contributed by atoms with van der Waals surface area (Å²) in [5.41, 5.74) is 0.399. The molecule has 3 rings (SSSR count). The van der Waals surface area contributed by atoms with E-state index in [-0.39, 0.29) is 30.1 Å². The number of benzene rings is 2. The van der Waals surface area contributed by atoms with Crippen LogP contribution in [0.15, 0.2) is 54.6 Å². The lowest BCUT2D eigenvalue weighted by Crippen LogP contribution is -2.44. The van der Waals surface area contributed by atoms with Gasteiger partial charge in [-0.15, -0.1) is 0 Å². The van der Waals surface area contributed by atoms with Gasteiger partial charge in [0, 0.05) is 12.5 Å². The van der Waals surface area contributed by atoms with Gasteiger partial charge >= 0.3 is 5.97 Å². The zero-order valence-electron chi connectivity index (χ0n) is 13.9. The van der Waals surface area contributed by atoms with E-state index in [0.29, 0.717) is 12.0 Å². The normalized spacial score (nSPS) is 21.2. The highest BCUT2D eigenvalue weighted by Crippen LogP contribution is 2.47. The van der Waals surface area contributed by atoms with E-state index in [1.165, 1.54) is 12.1 Å². The van der Waals surface area contributed by atoms with Crippen LogP contribution in [0.1, 0.15) is 30.4 Å². The molecule has 25 heavy (non-hydrogen) atoms. The quantitative estimate of drug-likeness (QED) is 0.848. The SMILES string of the molecule is CC(CNC(=O)C1CC1c1ccc(F)cc1)(C(=O)O)c1ccccc1. The Bertz CT molecular complexity index is 775. The summed E-state index contributed by atoms with van der Waals surface area (Å²) in [6.45, 7) is 1.63. The third-order valence-corrected chi connectivity index (χ3v) is 4.92. The number of hydrogen-bond acceptors (Lipinski definition) is 2. The minimum absolute atomic E-state index is 0.0256. The summed E-state index contributed by atoms with van der Waals surface area (Å²) < 4.78 is 13.0. The van der Waals surface area contributed by atoms with Crippen LogP contribution in [0.3, 0.4) is 0 Å². The molecule has 3 atom stereocenters. The van der Waals surface area contributed by atoms with Crippen molar-refractivity contribution in [3.05, 3.63) is 71.5 Å². The number of carboxylic acids is 1. The lowest BCUT2D eigenvalue weighted by atomic mass is 9.82. The molecule has 4 nitrogen and oxygen atoms in total. The molecule has 1 amide bonds. The average Bonchev–Trinajstić information content (AvgIpc) is 3.41. The molecule has 2 aromatic rings. The van der Waals surface area contributed by atoms with Gasteiger partial charge in [0.25, 0.3) is 0 Å². The molecule has 2 N–H and O–H groups in total. The summed E-state index contributed by atoms with van der Waals surface area (Å²) in [4.78, 5) is 24.1. The number of carbonyl (C=O) groups excluding carboxylic acids is 1. The van der Waals surface area contributed by atoms with Crippen molar-refractivity contribution in [2.45, 2.75) is 24.7 Å². The van der Waals surface area contributed by atoms with Crippen LogP contribution in [0, 0.1) is 11.7 Å². The molecule has 1 saturated carbocycles. The number of aliphatic carboxylic acids is 1. The first-order valence-corrected chi connectivity index (χ1v) is 8.24. The molecule has 3 unspecified atom stereocenters. The number of amides is 1. The first kappa shape index (κ1) is 17.1. The minimum Gasteiger partial charge on any atom is -0.481 e. The van der Waals surface area contributed by atoms with Crippen LogP contribution < -0.4 is 5.32 Å². The molecule has 0 radical (unpaired) electrons. The van der Waals surface area contributed by atoms with E-state index in [9.17, 15) is 19.1 Å². The van der Waals surface area contributed by atoms with E-state index in [1.54, 1.807) is 43.3 Å². The van der Waals surface area contributed by atoms with Gasteiger partial charge in [0.15, 0.2) is 0 Å². The summed E-state index contributed by atoms with van der Waals surface area (Å²) in [5, 5.41) is 12.4. The van der Waals surface area contributed by atoms with Crippen molar-refractivity contribution in [2.24, 2.45) is 5.92 Å². The third kappa shape index (κ3) is 3.55. The van der Waals surface area contributed by atoms with Crippen molar-refractivity contribution in [2.75, 3.05) is 6.54 Å². The van der Waals surface area contributed by atoms with Gasteiger partial charge in [0.05, 0.1) is 0 Å². The van der Waals surface area contributed by atoms with E-state index in [4.69, 9.17) is 0 Å². The molecule has 0 aliphatic heterocycles. The predicted octanol–water partition coefficient (Wildman–Crippen LogP) is 3.09. The molecule has 0 aromatic heterocycles. The largest absolute Gasteiger partial charge is 0.481 e. The molecule has 130 valence electrons. The molecule has 0 saturated heterocycles. The van der Waals surface area contributed by atoms with Gasteiger partial charge < -0.3 is 10.4 Å². The lowest BCUT2D eigenvalue weighted by Gasteiger charge is -2.25. The van der Waals surface area contributed by atoms with E-state index >= 15 is 0 Å². The maximum atomic E-state index is 13.0. The van der Waals surface area contributed by atoms with Crippen LogP contribution in [0.5, 0.6) is 0 Å². The number of nitrogens with one attached hydrogen (secondary N) is 1. The number of carboxylic acid groups (broad SMARTS) is 1. The predicted molar refractivity (Wildman–Crippen MR) is 91.7 cm³/mol. The van der Waals surface area contributed by atoms with E-state index in [2.05, 4.69) is 5.32 Å². The van der Waals surface area contributed by atoms with Gasteiger partial charge in [-0.05, 0) is 42.5 Å². The molecule has 0 bridgehead atoms. The van der Waals surface area contributed by atoms with Crippen molar-refractivity contribution < 1.29 is 19.1 Å². The summed E-state index contributed by atoms with van der Waals surface area (Å²) in [5.74, 6) is -1.54. The Morgan fingerprint density at radius 1 is 1.16 bits per heavy atom. The van der Waals surface area contributed by atoms with Crippen LogP contribution in [0.2, 0.25) is 0 Å². The number of halogens is 1. The Kier molecular flexibility index (Phi) is 4.57. The summed E-state index contributed by atoms with van der Waals surface area (Å²) in [6, 6.07) is 15.0. The van der Waals surface area contributed by atoms with E-state index < -0.39 is 11.4 Å². The molecule has 1 aliphatic carbocycles. The molecular formula is C20H20FNO3. The highest BCUT2D eigenvalue weighted by molar-refractivity contribution is 5.85. The summed E-state index contributed by atoms with van der Waals surface area (Å²) in [6.07, 6.45) is 0.701. The minimum atomic E-state index is -1.18. The number of hydrogen-bond donors (Lipinski definition) is 2. The molecule has 0 heterocycles. The first-order valence-electron chi connectivity index (χ1n) is 8.24. The summed E-state index contributed by atoms with van der Waals surface area (Å²) in [7, 11) is 0. The zero-order valence-corrected chi connectivity index (χ0v) is 13.9. The van der Waals surface area contributed by atoms with Crippen LogP contribution in [-0.2, 0) is 15.0 Å². The standard InChI is InChI=1S/C20H20FNO3/c1-20(19(24)25,14-5-3-2-4-6-14)12-22-18(23)17-11-16(17)13-7-9-15(21)10-8-13/h2-10,16-17H,11-12H2,1H3,(H,22,23)(H,24,25). The highest BCUT2D eigenvalue weighted by atomic mass is 19.1. The van der Waals surface area contributed by atoms with Gasteiger partial charge in [-0.3, -0.25) is 9.59 Å². The van der Waals surface area contributed by atoms with Crippen molar-refractivity contribution in [1.29, 1.82) is 0 Å². The topological polar surface area (TPSA) is 66.4 Å². The number of rotatable bonds is 6. The second kappa shape index (κ2) is 6.67. The van der Waals surface area contributed by atoms with Crippen LogP contribution >= 0.6 is 0 Å². The lowest BCUT2D eigenvalue weighted by molar-refractivity contribution is -0.143. The Hall–Kier alpha value is -2.69. The van der Waals surface area contributed by atoms with E-state index in [0.717, 1.165) is 5.56 Å². The Balaban J connectivity index is 1.63. The van der Waals surface area contributed by atoms with Crippen LogP contribution in [-0.4, -0.2) is 23.5 Å². The Morgan fingerprint density at radius 2 is 1.80 bits per heavy atom. The highest BCUT2D eigenvalue weighted by Gasteiger charge is 2.45. The monoisotopic (exact) mass is 341 g/mol. The average molecular weight is 341 g/mol. The Labute approximate surface area is 145 Å². The fraction of sp³-hybridized carbons (Fsp3) is 0.300. The van der Waals surface area contributed by atoms with E-state index in [1.807, 2.05) is 6.07 Å². The fourth-order valence-electron chi connectivity index (χ4n) is 3.07. The third-order valence-electron chi connectivity index (χ3n) is 4.92. The molecular weight excluding hydrogens is 321 g/mol. The fourth-order valence-corrected chi connectivity index (χ4v) is 3.07. The Morgan fingerprint density at radius 3 is 2.40 bits per heavy atom. The van der Waals surface area contributed by atoms with Gasteiger partial charge in [-0.25, -0.2) is 4.39 Å². The second-order valence-electron chi connectivity index (χ2n) is 6.72. The van der Waals surface area contributed by atoms with Crippen molar-refractivity contribution in [3.8, 4) is 0 Å². The van der Waals surface area contributed by atoms with Crippen molar-refractivity contribution in [3.63, 3.8) is 0 Å².